The Morgan fingerprint density at radius 1 is 1.05 bits per heavy atom. The van der Waals surface area contributed by atoms with Crippen LogP contribution in [0.1, 0.15) is 31.4 Å². The molecular formula is C17H28N2. The molecule has 0 aliphatic heterocycles. The maximum atomic E-state index is 3.61. The lowest BCUT2D eigenvalue weighted by atomic mass is 10.1. The van der Waals surface area contributed by atoms with Gasteiger partial charge in [-0.25, -0.2) is 0 Å². The highest BCUT2D eigenvalue weighted by Crippen LogP contribution is 2.25. The maximum Gasteiger partial charge on any atom is -0.00141 e. The van der Waals surface area contributed by atoms with E-state index in [9.17, 15) is 0 Å². The van der Waals surface area contributed by atoms with Gasteiger partial charge >= 0.3 is 0 Å². The van der Waals surface area contributed by atoms with Crippen molar-refractivity contribution in [2.75, 3.05) is 26.2 Å². The number of hydrogen-bond donors (Lipinski definition) is 2. The Morgan fingerprint density at radius 2 is 1.68 bits per heavy atom. The third-order valence-corrected chi connectivity index (χ3v) is 3.83. The molecule has 1 aliphatic rings. The summed E-state index contributed by atoms with van der Waals surface area (Å²) in [7, 11) is 0. The Morgan fingerprint density at radius 3 is 2.32 bits per heavy atom. The number of hydrogen-bond acceptors (Lipinski definition) is 2. The van der Waals surface area contributed by atoms with Gasteiger partial charge in [-0.2, -0.15) is 0 Å². The van der Waals surface area contributed by atoms with E-state index < -0.39 is 0 Å². The number of nitrogens with one attached hydrogen (secondary N) is 2. The molecule has 1 aromatic carbocycles. The van der Waals surface area contributed by atoms with E-state index in [1.807, 2.05) is 0 Å². The van der Waals surface area contributed by atoms with Crippen LogP contribution in [0.2, 0.25) is 0 Å². The molecule has 1 aliphatic carbocycles. The van der Waals surface area contributed by atoms with Crippen molar-refractivity contribution >= 4 is 0 Å². The van der Waals surface area contributed by atoms with Crippen LogP contribution in [0, 0.1) is 11.8 Å². The minimum atomic E-state index is 0.755. The summed E-state index contributed by atoms with van der Waals surface area (Å²) in [5.41, 5.74) is 3.13. The van der Waals surface area contributed by atoms with Crippen LogP contribution in [0.4, 0.5) is 0 Å². The Balaban J connectivity index is 1.52. The van der Waals surface area contributed by atoms with Crippen LogP contribution in [-0.4, -0.2) is 26.2 Å². The minimum Gasteiger partial charge on any atom is -0.316 e. The van der Waals surface area contributed by atoms with E-state index in [0.29, 0.717) is 0 Å². The van der Waals surface area contributed by atoms with Gasteiger partial charge in [-0.05, 0) is 68.4 Å². The summed E-state index contributed by atoms with van der Waals surface area (Å²) in [6.07, 6.45) is 3.75. The molecule has 0 aromatic heterocycles. The normalized spacial score (nSPS) is 15.1. The first-order chi connectivity index (χ1) is 9.25. The molecule has 0 atom stereocenters. The van der Waals surface area contributed by atoms with Gasteiger partial charge in [0.15, 0.2) is 0 Å². The predicted octanol–water partition coefficient (Wildman–Crippen LogP) is 2.63. The monoisotopic (exact) mass is 260 g/mol. The quantitative estimate of drug-likeness (QED) is 0.702. The standard InChI is InChI=1S/C17H28N2/c1-14(2)12-18-8-5-9-19-13-15-10-16-6-3-4-7-17(16)11-15/h3-4,6-7,14-15,18-19H,5,8-13H2,1-2H3. The number of rotatable bonds is 8. The Labute approximate surface area is 118 Å². The first kappa shape index (κ1) is 14.5. The summed E-state index contributed by atoms with van der Waals surface area (Å²) in [5.74, 6) is 1.56. The van der Waals surface area contributed by atoms with Crippen molar-refractivity contribution in [2.45, 2.75) is 33.1 Å². The first-order valence-electron chi connectivity index (χ1n) is 7.74. The summed E-state index contributed by atoms with van der Waals surface area (Å²) >= 11 is 0. The first-order valence-corrected chi connectivity index (χ1v) is 7.74. The van der Waals surface area contributed by atoms with E-state index in [-0.39, 0.29) is 0 Å². The summed E-state index contributed by atoms with van der Waals surface area (Å²) < 4.78 is 0. The van der Waals surface area contributed by atoms with Gasteiger partial charge in [0.1, 0.15) is 0 Å². The summed E-state index contributed by atoms with van der Waals surface area (Å²) in [5, 5.41) is 7.10. The van der Waals surface area contributed by atoms with E-state index in [0.717, 1.165) is 31.5 Å². The molecule has 2 heteroatoms. The van der Waals surface area contributed by atoms with Crippen LogP contribution in [-0.2, 0) is 12.8 Å². The van der Waals surface area contributed by atoms with Gasteiger partial charge in [-0.15, -0.1) is 0 Å². The lowest BCUT2D eigenvalue weighted by Gasteiger charge is -2.11. The van der Waals surface area contributed by atoms with Crippen molar-refractivity contribution in [3.63, 3.8) is 0 Å². The lowest BCUT2D eigenvalue weighted by molar-refractivity contribution is 0.481. The van der Waals surface area contributed by atoms with Crippen molar-refractivity contribution in [1.29, 1.82) is 0 Å². The number of benzene rings is 1. The molecule has 0 spiro atoms. The van der Waals surface area contributed by atoms with Gasteiger partial charge in [-0.3, -0.25) is 0 Å². The van der Waals surface area contributed by atoms with Crippen LogP contribution >= 0.6 is 0 Å². The van der Waals surface area contributed by atoms with Crippen LogP contribution in [0.3, 0.4) is 0 Å². The molecule has 2 nitrogen and oxygen atoms in total. The van der Waals surface area contributed by atoms with Crippen LogP contribution in [0.25, 0.3) is 0 Å². The molecule has 0 heterocycles. The van der Waals surface area contributed by atoms with E-state index in [1.54, 1.807) is 11.1 Å². The van der Waals surface area contributed by atoms with Crippen LogP contribution < -0.4 is 10.6 Å². The van der Waals surface area contributed by atoms with Crippen molar-refractivity contribution in [3.8, 4) is 0 Å². The zero-order valence-corrected chi connectivity index (χ0v) is 12.4. The molecule has 0 amide bonds. The van der Waals surface area contributed by atoms with Crippen molar-refractivity contribution < 1.29 is 0 Å². The molecule has 0 fully saturated rings. The molecule has 0 bridgehead atoms. The van der Waals surface area contributed by atoms with E-state index in [1.165, 1.54) is 25.8 Å². The fourth-order valence-corrected chi connectivity index (χ4v) is 2.83. The maximum absolute atomic E-state index is 3.61. The fraction of sp³-hybridized carbons (Fsp3) is 0.647. The third kappa shape index (κ3) is 4.96. The minimum absolute atomic E-state index is 0.755. The average molecular weight is 260 g/mol. The largest absolute Gasteiger partial charge is 0.316 e. The molecule has 0 saturated heterocycles. The SMILES string of the molecule is CC(C)CNCCCNCC1Cc2ccccc2C1. The Hall–Kier alpha value is -0.860. The van der Waals surface area contributed by atoms with Gasteiger partial charge < -0.3 is 10.6 Å². The number of fused-ring (bicyclic) bond motifs is 1. The molecule has 0 radical (unpaired) electrons. The van der Waals surface area contributed by atoms with Crippen LogP contribution in [0.15, 0.2) is 24.3 Å². The lowest BCUT2D eigenvalue weighted by Crippen LogP contribution is -2.28. The van der Waals surface area contributed by atoms with Gasteiger partial charge in [0.05, 0.1) is 0 Å². The molecule has 0 unspecified atom stereocenters. The van der Waals surface area contributed by atoms with Gasteiger partial charge in [-0.1, -0.05) is 38.1 Å². The van der Waals surface area contributed by atoms with Crippen LogP contribution in [0.5, 0.6) is 0 Å². The zero-order chi connectivity index (χ0) is 13.5. The molecule has 1 aromatic rings. The summed E-state index contributed by atoms with van der Waals surface area (Å²) in [6.45, 7) is 9.08. The Bertz CT molecular complexity index is 348. The summed E-state index contributed by atoms with van der Waals surface area (Å²) in [4.78, 5) is 0. The van der Waals surface area contributed by atoms with Gasteiger partial charge in [0.2, 0.25) is 0 Å². The molecule has 19 heavy (non-hydrogen) atoms. The molecular weight excluding hydrogens is 232 g/mol. The summed E-state index contributed by atoms with van der Waals surface area (Å²) in [6, 6.07) is 8.89. The molecule has 2 rings (SSSR count). The van der Waals surface area contributed by atoms with Gasteiger partial charge in [0.25, 0.3) is 0 Å². The fourth-order valence-electron chi connectivity index (χ4n) is 2.83. The second-order valence-electron chi connectivity index (χ2n) is 6.20. The average Bonchev–Trinajstić information content (AvgIpc) is 2.79. The van der Waals surface area contributed by atoms with E-state index in [2.05, 4.69) is 48.7 Å². The second kappa shape index (κ2) is 7.66. The van der Waals surface area contributed by atoms with Crippen molar-refractivity contribution in [3.05, 3.63) is 35.4 Å². The Kier molecular flexibility index (Phi) is 5.87. The zero-order valence-electron chi connectivity index (χ0n) is 12.4. The molecule has 0 saturated carbocycles. The highest BCUT2D eigenvalue weighted by atomic mass is 14.9. The van der Waals surface area contributed by atoms with Gasteiger partial charge in [0, 0.05) is 0 Å². The van der Waals surface area contributed by atoms with E-state index >= 15 is 0 Å². The molecule has 106 valence electrons. The molecule has 2 N–H and O–H groups in total. The third-order valence-electron chi connectivity index (χ3n) is 3.83. The highest BCUT2D eigenvalue weighted by Gasteiger charge is 2.19. The smallest absolute Gasteiger partial charge is 0.00141 e. The second-order valence-corrected chi connectivity index (χ2v) is 6.20. The highest BCUT2D eigenvalue weighted by molar-refractivity contribution is 5.32. The predicted molar refractivity (Wildman–Crippen MR) is 82.5 cm³/mol. The topological polar surface area (TPSA) is 24.1 Å². The van der Waals surface area contributed by atoms with Crippen molar-refractivity contribution in [1.82, 2.24) is 10.6 Å². The van der Waals surface area contributed by atoms with Crippen molar-refractivity contribution in [2.24, 2.45) is 11.8 Å². The van der Waals surface area contributed by atoms with E-state index in [4.69, 9.17) is 0 Å².